The lowest BCUT2D eigenvalue weighted by Crippen LogP contribution is -2.19. The van der Waals surface area contributed by atoms with Crippen molar-refractivity contribution in [1.82, 2.24) is 0 Å². The van der Waals surface area contributed by atoms with Crippen LogP contribution in [-0.2, 0) is 16.8 Å². The molecule has 0 saturated carbocycles. The average Bonchev–Trinajstić information content (AvgIpc) is 2.17. The molecule has 0 saturated heterocycles. The Morgan fingerprint density at radius 3 is 2.87 bits per heavy atom. The molecule has 0 unspecified atom stereocenters. The summed E-state index contributed by atoms with van der Waals surface area (Å²) >= 11 is 0. The van der Waals surface area contributed by atoms with Gasteiger partial charge in [0.15, 0.2) is 0 Å². The van der Waals surface area contributed by atoms with Crippen molar-refractivity contribution < 1.29 is 4.74 Å². The van der Waals surface area contributed by atoms with Gasteiger partial charge in [-0.25, -0.2) is 0 Å². The first-order valence-electron chi connectivity index (χ1n) is 5.42. The Hall–Kier alpha value is -1.08. The van der Waals surface area contributed by atoms with Gasteiger partial charge < -0.3 is 4.74 Å². The van der Waals surface area contributed by atoms with Gasteiger partial charge in [-0.1, -0.05) is 38.1 Å². The van der Waals surface area contributed by atoms with Crippen molar-refractivity contribution in [2.75, 3.05) is 7.11 Å². The lowest BCUT2D eigenvalue weighted by atomic mass is 9.75. The van der Waals surface area contributed by atoms with Crippen molar-refractivity contribution in [3.63, 3.8) is 0 Å². The van der Waals surface area contributed by atoms with Crippen molar-refractivity contribution >= 4 is 6.08 Å². The molecule has 0 radical (unpaired) electrons. The van der Waals surface area contributed by atoms with Crippen LogP contribution in [0.25, 0.3) is 6.08 Å². The van der Waals surface area contributed by atoms with Gasteiger partial charge in [0.2, 0.25) is 0 Å². The third-order valence-electron chi connectivity index (χ3n) is 3.08. The van der Waals surface area contributed by atoms with Crippen LogP contribution in [0.3, 0.4) is 0 Å². The molecule has 0 fully saturated rings. The van der Waals surface area contributed by atoms with E-state index in [9.17, 15) is 0 Å². The van der Waals surface area contributed by atoms with E-state index >= 15 is 0 Å². The lowest BCUT2D eigenvalue weighted by Gasteiger charge is -2.29. The van der Waals surface area contributed by atoms with Crippen LogP contribution < -0.4 is 0 Å². The highest BCUT2D eigenvalue weighted by molar-refractivity contribution is 5.60. The first kappa shape index (κ1) is 10.4. The van der Waals surface area contributed by atoms with Crippen LogP contribution in [0.1, 0.15) is 37.0 Å². The van der Waals surface area contributed by atoms with E-state index in [0.717, 1.165) is 6.42 Å². The minimum atomic E-state index is 0.273. The van der Waals surface area contributed by atoms with E-state index in [1.807, 2.05) is 0 Å². The molecule has 15 heavy (non-hydrogen) atoms. The number of fused-ring (bicyclic) bond motifs is 1. The number of benzene rings is 1. The van der Waals surface area contributed by atoms with Crippen molar-refractivity contribution in [3.8, 4) is 0 Å². The van der Waals surface area contributed by atoms with Crippen LogP contribution in [-0.4, -0.2) is 7.11 Å². The number of rotatable bonds is 2. The normalized spacial score (nSPS) is 17.5. The van der Waals surface area contributed by atoms with E-state index < -0.39 is 0 Å². The fraction of sp³-hybridized carbons (Fsp3) is 0.429. The molecule has 2 rings (SSSR count). The lowest BCUT2D eigenvalue weighted by molar-refractivity contribution is 0.185. The van der Waals surface area contributed by atoms with E-state index in [4.69, 9.17) is 4.74 Å². The van der Waals surface area contributed by atoms with Crippen LogP contribution in [0.2, 0.25) is 0 Å². The Morgan fingerprint density at radius 2 is 2.13 bits per heavy atom. The van der Waals surface area contributed by atoms with Crippen molar-refractivity contribution in [2.45, 2.75) is 32.3 Å². The fourth-order valence-corrected chi connectivity index (χ4v) is 2.21. The zero-order chi connectivity index (χ0) is 10.9. The molecule has 0 N–H and O–H groups in total. The van der Waals surface area contributed by atoms with Gasteiger partial charge in [-0.2, -0.15) is 0 Å². The average molecular weight is 202 g/mol. The second-order valence-corrected chi connectivity index (χ2v) is 4.84. The molecular weight excluding hydrogens is 184 g/mol. The van der Waals surface area contributed by atoms with Crippen LogP contribution >= 0.6 is 0 Å². The third-order valence-corrected chi connectivity index (χ3v) is 3.08. The predicted molar refractivity (Wildman–Crippen MR) is 63.8 cm³/mol. The van der Waals surface area contributed by atoms with Gasteiger partial charge in [0.1, 0.15) is 0 Å². The Bertz CT molecular complexity index is 388. The zero-order valence-electron chi connectivity index (χ0n) is 9.71. The monoisotopic (exact) mass is 202 g/mol. The Morgan fingerprint density at radius 1 is 1.33 bits per heavy atom. The van der Waals surface area contributed by atoms with Crippen LogP contribution in [0.4, 0.5) is 0 Å². The fourth-order valence-electron chi connectivity index (χ4n) is 2.21. The molecule has 1 aromatic carbocycles. The van der Waals surface area contributed by atoms with Gasteiger partial charge in [-0.3, -0.25) is 0 Å². The number of allylic oxidation sites excluding steroid dienone is 1. The Labute approximate surface area is 91.8 Å². The molecule has 0 spiro atoms. The van der Waals surface area contributed by atoms with Gasteiger partial charge in [0, 0.05) is 7.11 Å². The largest absolute Gasteiger partial charge is 0.380 e. The van der Waals surface area contributed by atoms with Gasteiger partial charge >= 0.3 is 0 Å². The highest BCUT2D eigenvalue weighted by atomic mass is 16.5. The van der Waals surface area contributed by atoms with Crippen molar-refractivity contribution in [1.29, 1.82) is 0 Å². The predicted octanol–water partition coefficient (Wildman–Crippen LogP) is 3.53. The van der Waals surface area contributed by atoms with Crippen molar-refractivity contribution in [2.24, 2.45) is 0 Å². The minimum absolute atomic E-state index is 0.273. The molecule has 1 aliphatic rings. The summed E-state index contributed by atoms with van der Waals surface area (Å²) < 4.78 is 5.15. The summed E-state index contributed by atoms with van der Waals surface area (Å²) in [6.45, 7) is 5.29. The Balaban J connectivity index is 2.42. The van der Waals surface area contributed by atoms with Crippen LogP contribution in [0.5, 0.6) is 0 Å². The molecule has 1 aliphatic carbocycles. The van der Waals surface area contributed by atoms with Gasteiger partial charge in [-0.15, -0.1) is 0 Å². The molecule has 0 aromatic heterocycles. The van der Waals surface area contributed by atoms with E-state index in [1.54, 1.807) is 7.11 Å². The SMILES string of the molecule is COCc1ccc2c(c1)C=CCC2(C)C. The molecule has 0 amide bonds. The first-order valence-corrected chi connectivity index (χ1v) is 5.42. The van der Waals surface area contributed by atoms with Gasteiger partial charge in [0.05, 0.1) is 6.61 Å². The number of hydrogen-bond acceptors (Lipinski definition) is 1. The second kappa shape index (κ2) is 3.82. The summed E-state index contributed by atoms with van der Waals surface area (Å²) in [5, 5.41) is 0. The van der Waals surface area contributed by atoms with E-state index in [-0.39, 0.29) is 5.41 Å². The minimum Gasteiger partial charge on any atom is -0.380 e. The van der Waals surface area contributed by atoms with Crippen molar-refractivity contribution in [3.05, 3.63) is 41.0 Å². The van der Waals surface area contributed by atoms with Gasteiger partial charge in [0.25, 0.3) is 0 Å². The standard InChI is InChI=1S/C14H18O/c1-14(2)8-4-5-12-9-11(10-15-3)6-7-13(12)14/h4-7,9H,8,10H2,1-3H3. The molecule has 80 valence electrons. The van der Waals surface area contributed by atoms with E-state index in [0.29, 0.717) is 6.61 Å². The summed E-state index contributed by atoms with van der Waals surface area (Å²) in [7, 11) is 1.74. The topological polar surface area (TPSA) is 9.23 Å². The summed E-state index contributed by atoms with van der Waals surface area (Å²) in [6.07, 6.45) is 5.61. The highest BCUT2D eigenvalue weighted by Crippen LogP contribution is 2.35. The number of hydrogen-bond donors (Lipinski definition) is 0. The second-order valence-electron chi connectivity index (χ2n) is 4.84. The maximum Gasteiger partial charge on any atom is 0.0713 e. The summed E-state index contributed by atoms with van der Waals surface area (Å²) in [4.78, 5) is 0. The first-order chi connectivity index (χ1) is 7.13. The molecule has 0 aliphatic heterocycles. The summed E-state index contributed by atoms with van der Waals surface area (Å²) in [5.74, 6) is 0. The third kappa shape index (κ3) is 1.98. The number of methoxy groups -OCH3 is 1. The molecular formula is C14H18O. The summed E-state index contributed by atoms with van der Waals surface area (Å²) in [5.41, 5.74) is 4.32. The molecule has 1 aromatic rings. The molecule has 0 heterocycles. The molecule has 1 nitrogen and oxygen atoms in total. The van der Waals surface area contributed by atoms with E-state index in [1.165, 1.54) is 16.7 Å². The molecule has 0 atom stereocenters. The Kier molecular flexibility index (Phi) is 2.66. The maximum atomic E-state index is 5.15. The zero-order valence-corrected chi connectivity index (χ0v) is 9.71. The number of ether oxygens (including phenoxy) is 1. The van der Waals surface area contributed by atoms with E-state index in [2.05, 4.69) is 44.2 Å². The maximum absolute atomic E-state index is 5.15. The van der Waals surface area contributed by atoms with Crippen LogP contribution in [0.15, 0.2) is 24.3 Å². The highest BCUT2D eigenvalue weighted by Gasteiger charge is 2.24. The quantitative estimate of drug-likeness (QED) is 0.713. The van der Waals surface area contributed by atoms with Gasteiger partial charge in [-0.05, 0) is 34.6 Å². The molecule has 0 bridgehead atoms. The molecule has 1 heteroatoms. The summed E-state index contributed by atoms with van der Waals surface area (Å²) in [6, 6.07) is 6.65. The van der Waals surface area contributed by atoms with Crippen LogP contribution in [0, 0.1) is 0 Å². The smallest absolute Gasteiger partial charge is 0.0713 e.